The molecule has 0 fully saturated rings. The van der Waals surface area contributed by atoms with Crippen molar-refractivity contribution >= 4 is 33.2 Å². The highest BCUT2D eigenvalue weighted by molar-refractivity contribution is 7.92. The predicted octanol–water partition coefficient (Wildman–Crippen LogP) is 3.85. The van der Waals surface area contributed by atoms with Crippen LogP contribution in [-0.2, 0) is 10.0 Å². The fourth-order valence-electron chi connectivity index (χ4n) is 2.54. The first kappa shape index (κ1) is 20.0. The molecule has 0 saturated carbocycles. The van der Waals surface area contributed by atoms with E-state index in [4.69, 9.17) is 11.6 Å². The Hall–Kier alpha value is -2.71. The summed E-state index contributed by atoms with van der Waals surface area (Å²) in [5, 5.41) is 8.38. The maximum atomic E-state index is 12.9. The fraction of sp³-hybridized carbons (Fsp3) is 0.211. The zero-order valence-corrected chi connectivity index (χ0v) is 17.1. The Balaban J connectivity index is 2.04. The molecule has 3 rings (SSSR count). The molecule has 0 spiro atoms. The fourth-order valence-corrected chi connectivity index (χ4v) is 3.73. The van der Waals surface area contributed by atoms with Gasteiger partial charge in [-0.25, -0.2) is 13.1 Å². The maximum absolute atomic E-state index is 12.9. The average Bonchev–Trinajstić information content (AvgIpc) is 3.05. The lowest BCUT2D eigenvalue weighted by molar-refractivity contribution is 0.103. The monoisotopic (exact) mass is 418 g/mol. The van der Waals surface area contributed by atoms with Crippen molar-refractivity contribution in [2.75, 3.05) is 4.72 Å². The van der Waals surface area contributed by atoms with E-state index in [1.54, 1.807) is 36.4 Å². The number of ketones is 1. The molecule has 1 N–H and O–H groups in total. The van der Waals surface area contributed by atoms with E-state index >= 15 is 0 Å². The van der Waals surface area contributed by atoms with E-state index in [0.29, 0.717) is 10.6 Å². The zero-order chi connectivity index (χ0) is 20.5. The van der Waals surface area contributed by atoms with Crippen molar-refractivity contribution in [2.24, 2.45) is 0 Å². The number of nitrogens with zero attached hydrogens (tertiary/aromatic N) is 3. The summed E-state index contributed by atoms with van der Waals surface area (Å²) in [6.45, 7) is 5.49. The quantitative estimate of drug-likeness (QED) is 0.613. The number of nitrogens with one attached hydrogen (secondary N) is 1. The van der Waals surface area contributed by atoms with Crippen molar-refractivity contribution in [2.45, 2.75) is 31.7 Å². The van der Waals surface area contributed by atoms with Crippen molar-refractivity contribution in [1.82, 2.24) is 15.0 Å². The topological polar surface area (TPSA) is 93.9 Å². The van der Waals surface area contributed by atoms with Gasteiger partial charge in [0.05, 0.1) is 10.9 Å². The third kappa shape index (κ3) is 4.07. The van der Waals surface area contributed by atoms with E-state index in [-0.39, 0.29) is 22.4 Å². The Bertz CT molecular complexity index is 1110. The molecular formula is C19H19ClN4O3S. The van der Waals surface area contributed by atoms with Crippen LogP contribution >= 0.6 is 11.6 Å². The number of hydrogen-bond acceptors (Lipinski definition) is 5. The van der Waals surface area contributed by atoms with Crippen LogP contribution < -0.4 is 4.72 Å². The van der Waals surface area contributed by atoms with E-state index in [1.807, 2.05) is 20.8 Å². The van der Waals surface area contributed by atoms with Crippen molar-refractivity contribution in [3.05, 3.63) is 70.4 Å². The SMILES string of the molecule is Cc1ccc(S(=O)(=O)Nc2c(C(=O)c3ccc(Cl)cc3)nnn2C(C)C)cc1. The number of anilines is 1. The van der Waals surface area contributed by atoms with Crippen LogP contribution in [0.5, 0.6) is 0 Å². The van der Waals surface area contributed by atoms with Crippen LogP contribution in [0.15, 0.2) is 53.4 Å². The number of halogens is 1. The second-order valence-electron chi connectivity index (χ2n) is 6.58. The van der Waals surface area contributed by atoms with Gasteiger partial charge in [0.1, 0.15) is 0 Å². The molecule has 3 aromatic rings. The smallest absolute Gasteiger partial charge is 0.263 e. The minimum absolute atomic E-state index is 0.0236. The van der Waals surface area contributed by atoms with E-state index in [9.17, 15) is 13.2 Å². The molecular weight excluding hydrogens is 400 g/mol. The van der Waals surface area contributed by atoms with Crippen LogP contribution in [0.4, 0.5) is 5.82 Å². The minimum Gasteiger partial charge on any atom is -0.287 e. The standard InChI is InChI=1S/C19H19ClN4O3S/c1-12(2)24-19(22-28(26,27)16-10-4-13(3)5-11-16)17(21-23-24)18(25)14-6-8-15(20)9-7-14/h4-12,22H,1-3H3. The Morgan fingerprint density at radius 2 is 1.68 bits per heavy atom. The largest absolute Gasteiger partial charge is 0.287 e. The molecule has 0 aliphatic rings. The number of carbonyl (C=O) groups is 1. The zero-order valence-electron chi connectivity index (χ0n) is 15.5. The number of hydrogen-bond donors (Lipinski definition) is 1. The molecule has 0 amide bonds. The van der Waals surface area contributed by atoms with Gasteiger partial charge in [0, 0.05) is 10.6 Å². The Kier molecular flexibility index (Phi) is 5.53. The number of rotatable bonds is 6. The van der Waals surface area contributed by atoms with Gasteiger partial charge < -0.3 is 0 Å². The van der Waals surface area contributed by atoms with Gasteiger partial charge in [0.15, 0.2) is 11.5 Å². The lowest BCUT2D eigenvalue weighted by Crippen LogP contribution is -2.19. The lowest BCUT2D eigenvalue weighted by atomic mass is 10.1. The van der Waals surface area contributed by atoms with Crippen LogP contribution in [0.2, 0.25) is 5.02 Å². The van der Waals surface area contributed by atoms with E-state index in [2.05, 4.69) is 15.0 Å². The average molecular weight is 419 g/mol. The summed E-state index contributed by atoms with van der Waals surface area (Å²) in [6, 6.07) is 12.5. The summed E-state index contributed by atoms with van der Waals surface area (Å²) < 4.78 is 29.5. The Morgan fingerprint density at radius 1 is 1.07 bits per heavy atom. The van der Waals surface area contributed by atoms with Gasteiger partial charge in [-0.2, -0.15) is 0 Å². The van der Waals surface area contributed by atoms with Gasteiger partial charge in [-0.05, 0) is 57.2 Å². The highest BCUT2D eigenvalue weighted by atomic mass is 35.5. The third-order valence-corrected chi connectivity index (χ3v) is 5.67. The molecule has 0 radical (unpaired) electrons. The van der Waals surface area contributed by atoms with Gasteiger partial charge in [0.25, 0.3) is 10.0 Å². The molecule has 146 valence electrons. The maximum Gasteiger partial charge on any atom is 0.263 e. The van der Waals surface area contributed by atoms with Crippen LogP contribution in [0.3, 0.4) is 0 Å². The van der Waals surface area contributed by atoms with E-state index in [0.717, 1.165) is 5.56 Å². The molecule has 0 aliphatic carbocycles. The molecule has 0 aliphatic heterocycles. The Labute approximate surface area is 168 Å². The molecule has 0 bridgehead atoms. The van der Waals surface area contributed by atoms with Crippen molar-refractivity contribution in [3.63, 3.8) is 0 Å². The molecule has 1 aromatic heterocycles. The summed E-state index contributed by atoms with van der Waals surface area (Å²) in [5.41, 5.74) is 1.19. The first-order valence-electron chi connectivity index (χ1n) is 8.54. The highest BCUT2D eigenvalue weighted by Crippen LogP contribution is 2.24. The summed E-state index contributed by atoms with van der Waals surface area (Å²) in [4.78, 5) is 13.0. The van der Waals surface area contributed by atoms with Crippen molar-refractivity contribution < 1.29 is 13.2 Å². The highest BCUT2D eigenvalue weighted by Gasteiger charge is 2.26. The van der Waals surface area contributed by atoms with Crippen molar-refractivity contribution in [1.29, 1.82) is 0 Å². The number of sulfonamides is 1. The van der Waals surface area contributed by atoms with Crippen LogP contribution in [-0.4, -0.2) is 29.2 Å². The van der Waals surface area contributed by atoms with Gasteiger partial charge in [-0.1, -0.05) is 34.5 Å². The molecule has 2 aromatic carbocycles. The number of carbonyl (C=O) groups excluding carboxylic acids is 1. The number of benzene rings is 2. The second kappa shape index (κ2) is 7.73. The second-order valence-corrected chi connectivity index (χ2v) is 8.70. The summed E-state index contributed by atoms with van der Waals surface area (Å²) in [5.74, 6) is -0.430. The summed E-state index contributed by atoms with van der Waals surface area (Å²) in [6.07, 6.45) is 0. The van der Waals surface area contributed by atoms with Gasteiger partial charge in [-0.15, -0.1) is 5.10 Å². The first-order valence-corrected chi connectivity index (χ1v) is 10.4. The van der Waals surface area contributed by atoms with Gasteiger partial charge in [0.2, 0.25) is 5.78 Å². The lowest BCUT2D eigenvalue weighted by Gasteiger charge is -2.13. The Morgan fingerprint density at radius 3 is 2.25 bits per heavy atom. The van der Waals surface area contributed by atoms with Gasteiger partial charge in [-0.3, -0.25) is 9.52 Å². The molecule has 0 saturated heterocycles. The van der Waals surface area contributed by atoms with Gasteiger partial charge >= 0.3 is 0 Å². The first-order chi connectivity index (χ1) is 13.2. The molecule has 0 atom stereocenters. The molecule has 9 heteroatoms. The van der Waals surface area contributed by atoms with Crippen LogP contribution in [0.1, 0.15) is 41.5 Å². The summed E-state index contributed by atoms with van der Waals surface area (Å²) in [7, 11) is -3.93. The molecule has 28 heavy (non-hydrogen) atoms. The molecule has 7 nitrogen and oxygen atoms in total. The number of aryl methyl sites for hydroxylation is 1. The van der Waals surface area contributed by atoms with E-state index < -0.39 is 15.8 Å². The van der Waals surface area contributed by atoms with Crippen molar-refractivity contribution in [3.8, 4) is 0 Å². The molecule has 1 heterocycles. The minimum atomic E-state index is -3.93. The van der Waals surface area contributed by atoms with Crippen LogP contribution in [0.25, 0.3) is 0 Å². The summed E-state index contributed by atoms with van der Waals surface area (Å²) >= 11 is 5.87. The van der Waals surface area contributed by atoms with E-state index in [1.165, 1.54) is 16.8 Å². The predicted molar refractivity (Wildman–Crippen MR) is 107 cm³/mol. The number of aromatic nitrogens is 3. The molecule has 0 unspecified atom stereocenters. The third-order valence-electron chi connectivity index (χ3n) is 4.07. The normalized spacial score (nSPS) is 11.6. The van der Waals surface area contributed by atoms with Crippen LogP contribution in [0, 0.1) is 6.92 Å².